The number of imide groups is 2. The molecule has 192 valence electrons. The number of nitrogens with zero attached hydrogens (tertiary/aromatic N) is 2. The highest BCUT2D eigenvalue weighted by molar-refractivity contribution is 6.17. The standard InChI is InChI=1S/C30H32N2O5/c33-25-17-29(13-1-2-14-29)18-26(34)31(25)21-5-9-23(10-6-21)37-24-11-7-22(8-12-24)32-27(35)19-30(20-28(32)36)15-3-4-16-30/h5-12H,1-4,13-20H2. The third kappa shape index (κ3) is 4.45. The molecular formula is C30H32N2O5. The number of benzene rings is 2. The van der Waals surface area contributed by atoms with Gasteiger partial charge in [-0.3, -0.25) is 29.0 Å². The van der Waals surface area contributed by atoms with Crippen LogP contribution in [0.25, 0.3) is 0 Å². The average molecular weight is 501 g/mol. The second-order valence-electron chi connectivity index (χ2n) is 11.5. The van der Waals surface area contributed by atoms with E-state index in [9.17, 15) is 19.2 Å². The van der Waals surface area contributed by atoms with Crippen LogP contribution >= 0.6 is 0 Å². The number of rotatable bonds is 4. The molecule has 0 unspecified atom stereocenters. The van der Waals surface area contributed by atoms with E-state index in [1.165, 1.54) is 9.80 Å². The number of amides is 4. The van der Waals surface area contributed by atoms with Gasteiger partial charge in [-0.05, 0) is 85.0 Å². The second-order valence-corrected chi connectivity index (χ2v) is 11.5. The highest BCUT2D eigenvalue weighted by Gasteiger charge is 2.46. The molecule has 2 saturated heterocycles. The first kappa shape index (κ1) is 23.9. The molecule has 37 heavy (non-hydrogen) atoms. The van der Waals surface area contributed by atoms with Crippen molar-refractivity contribution in [1.29, 1.82) is 0 Å². The van der Waals surface area contributed by atoms with Crippen molar-refractivity contribution in [3.63, 3.8) is 0 Å². The van der Waals surface area contributed by atoms with Crippen LogP contribution < -0.4 is 14.5 Å². The average Bonchev–Trinajstić information content (AvgIpc) is 3.50. The lowest BCUT2D eigenvalue weighted by atomic mass is 9.76. The fourth-order valence-corrected chi connectivity index (χ4v) is 7.00. The summed E-state index contributed by atoms with van der Waals surface area (Å²) in [6.45, 7) is 0. The van der Waals surface area contributed by atoms with Crippen molar-refractivity contribution in [1.82, 2.24) is 0 Å². The number of anilines is 2. The Labute approximate surface area is 216 Å². The van der Waals surface area contributed by atoms with E-state index in [2.05, 4.69) is 0 Å². The third-order valence-corrected chi connectivity index (χ3v) is 8.86. The van der Waals surface area contributed by atoms with Crippen molar-refractivity contribution in [3.05, 3.63) is 48.5 Å². The second kappa shape index (κ2) is 9.12. The molecule has 2 saturated carbocycles. The highest BCUT2D eigenvalue weighted by Crippen LogP contribution is 2.48. The maximum absolute atomic E-state index is 12.8. The summed E-state index contributed by atoms with van der Waals surface area (Å²) in [6, 6.07) is 13.9. The van der Waals surface area contributed by atoms with Gasteiger partial charge in [-0.2, -0.15) is 0 Å². The lowest BCUT2D eigenvalue weighted by molar-refractivity contribution is -0.135. The Bertz CT molecular complexity index is 1100. The van der Waals surface area contributed by atoms with Gasteiger partial charge in [-0.25, -0.2) is 0 Å². The first-order valence-corrected chi connectivity index (χ1v) is 13.5. The van der Waals surface area contributed by atoms with E-state index in [1.54, 1.807) is 48.5 Å². The zero-order valence-electron chi connectivity index (χ0n) is 21.0. The molecule has 2 spiro atoms. The van der Waals surface area contributed by atoms with E-state index in [-0.39, 0.29) is 34.5 Å². The molecule has 7 nitrogen and oxygen atoms in total. The van der Waals surface area contributed by atoms with Gasteiger partial charge in [0, 0.05) is 25.7 Å². The minimum Gasteiger partial charge on any atom is -0.457 e. The molecule has 0 atom stereocenters. The van der Waals surface area contributed by atoms with Crippen molar-refractivity contribution < 1.29 is 23.9 Å². The summed E-state index contributed by atoms with van der Waals surface area (Å²) in [6.07, 6.45) is 9.98. The van der Waals surface area contributed by atoms with E-state index >= 15 is 0 Å². The minimum absolute atomic E-state index is 0.122. The quantitative estimate of drug-likeness (QED) is 0.488. The summed E-state index contributed by atoms with van der Waals surface area (Å²) >= 11 is 0. The molecule has 2 heterocycles. The fourth-order valence-electron chi connectivity index (χ4n) is 7.00. The topological polar surface area (TPSA) is 84.0 Å². The van der Waals surface area contributed by atoms with Crippen LogP contribution in [0.3, 0.4) is 0 Å². The zero-order valence-corrected chi connectivity index (χ0v) is 21.0. The Morgan fingerprint density at radius 2 is 0.784 bits per heavy atom. The van der Waals surface area contributed by atoms with Gasteiger partial charge in [0.15, 0.2) is 0 Å². The van der Waals surface area contributed by atoms with E-state index < -0.39 is 0 Å². The predicted molar refractivity (Wildman–Crippen MR) is 138 cm³/mol. The molecule has 2 aromatic rings. The van der Waals surface area contributed by atoms with Crippen molar-refractivity contribution in [2.75, 3.05) is 9.80 Å². The van der Waals surface area contributed by atoms with Crippen LogP contribution in [0.5, 0.6) is 11.5 Å². The Morgan fingerprint density at radius 1 is 0.486 bits per heavy atom. The summed E-state index contributed by atoms with van der Waals surface area (Å²) in [7, 11) is 0. The predicted octanol–water partition coefficient (Wildman–Crippen LogP) is 5.91. The smallest absolute Gasteiger partial charge is 0.234 e. The molecule has 7 heteroatoms. The summed E-state index contributed by atoms with van der Waals surface area (Å²) < 4.78 is 5.95. The van der Waals surface area contributed by atoms with Crippen LogP contribution in [0.2, 0.25) is 0 Å². The van der Waals surface area contributed by atoms with Crippen LogP contribution in [-0.2, 0) is 19.2 Å². The summed E-state index contributed by atoms with van der Waals surface area (Å²) in [5.74, 6) is 0.639. The molecule has 6 rings (SSSR count). The minimum atomic E-state index is -0.124. The number of hydrogen-bond acceptors (Lipinski definition) is 5. The lowest BCUT2D eigenvalue weighted by Gasteiger charge is -2.37. The SMILES string of the molecule is O=C1CC2(CCCC2)CC(=O)N1c1ccc(Oc2ccc(N3C(=O)CC4(CCCC4)CC3=O)cc2)cc1. The number of piperidine rings is 2. The molecule has 4 fully saturated rings. The summed E-state index contributed by atoms with van der Waals surface area (Å²) in [5.41, 5.74) is 0.878. The van der Waals surface area contributed by atoms with E-state index in [0.29, 0.717) is 48.6 Å². The highest BCUT2D eigenvalue weighted by atomic mass is 16.5. The zero-order chi connectivity index (χ0) is 25.6. The summed E-state index contributed by atoms with van der Waals surface area (Å²) in [5, 5.41) is 0. The van der Waals surface area contributed by atoms with Gasteiger partial charge in [0.1, 0.15) is 11.5 Å². The monoisotopic (exact) mass is 500 g/mol. The Hall–Kier alpha value is -3.48. The molecule has 2 aliphatic heterocycles. The maximum atomic E-state index is 12.8. The van der Waals surface area contributed by atoms with Crippen LogP contribution in [0.15, 0.2) is 48.5 Å². The Balaban J connectivity index is 1.11. The normalized spacial score (nSPS) is 22.9. The van der Waals surface area contributed by atoms with Crippen LogP contribution in [0.1, 0.15) is 77.0 Å². The summed E-state index contributed by atoms with van der Waals surface area (Å²) in [4.78, 5) is 54.0. The van der Waals surface area contributed by atoms with E-state index in [4.69, 9.17) is 4.74 Å². The van der Waals surface area contributed by atoms with E-state index in [1.807, 2.05) is 0 Å². The van der Waals surface area contributed by atoms with Gasteiger partial charge in [-0.15, -0.1) is 0 Å². The van der Waals surface area contributed by atoms with Crippen LogP contribution in [0.4, 0.5) is 11.4 Å². The number of carbonyl (C=O) groups is 4. The largest absolute Gasteiger partial charge is 0.457 e. The molecule has 4 amide bonds. The molecule has 0 radical (unpaired) electrons. The molecule has 2 aromatic carbocycles. The first-order valence-electron chi connectivity index (χ1n) is 13.5. The maximum Gasteiger partial charge on any atom is 0.234 e. The van der Waals surface area contributed by atoms with Gasteiger partial charge in [0.2, 0.25) is 23.6 Å². The molecule has 0 bridgehead atoms. The lowest BCUT2D eigenvalue weighted by Crippen LogP contribution is -2.47. The molecular weight excluding hydrogens is 468 g/mol. The molecule has 4 aliphatic rings. The molecule has 0 N–H and O–H groups in total. The third-order valence-electron chi connectivity index (χ3n) is 8.86. The first-order chi connectivity index (χ1) is 17.9. The Kier molecular flexibility index (Phi) is 5.89. The number of hydrogen-bond donors (Lipinski definition) is 0. The van der Waals surface area contributed by atoms with Crippen molar-refractivity contribution in [2.24, 2.45) is 10.8 Å². The number of carbonyl (C=O) groups excluding carboxylic acids is 4. The van der Waals surface area contributed by atoms with Gasteiger partial charge in [0.05, 0.1) is 11.4 Å². The van der Waals surface area contributed by atoms with Crippen LogP contribution in [-0.4, -0.2) is 23.6 Å². The fraction of sp³-hybridized carbons (Fsp3) is 0.467. The molecule has 0 aromatic heterocycles. The molecule has 2 aliphatic carbocycles. The Morgan fingerprint density at radius 3 is 1.08 bits per heavy atom. The van der Waals surface area contributed by atoms with Gasteiger partial charge in [0.25, 0.3) is 0 Å². The van der Waals surface area contributed by atoms with Gasteiger partial charge < -0.3 is 4.74 Å². The van der Waals surface area contributed by atoms with E-state index in [0.717, 1.165) is 51.4 Å². The number of ether oxygens (including phenoxy) is 1. The van der Waals surface area contributed by atoms with Crippen molar-refractivity contribution >= 4 is 35.0 Å². The van der Waals surface area contributed by atoms with Crippen molar-refractivity contribution in [2.45, 2.75) is 77.0 Å². The van der Waals surface area contributed by atoms with Gasteiger partial charge >= 0.3 is 0 Å². The van der Waals surface area contributed by atoms with Crippen molar-refractivity contribution in [3.8, 4) is 11.5 Å². The van der Waals surface area contributed by atoms with Gasteiger partial charge in [-0.1, -0.05) is 25.7 Å². The van der Waals surface area contributed by atoms with Crippen LogP contribution in [0, 0.1) is 10.8 Å².